The van der Waals surface area contributed by atoms with Crippen LogP contribution >= 0.6 is 0 Å². The fraction of sp³-hybridized carbons (Fsp3) is 0.500. The molecular weight excluding hydrogens is 264 g/mol. The van der Waals surface area contributed by atoms with Crippen molar-refractivity contribution >= 4 is 0 Å². The summed E-state index contributed by atoms with van der Waals surface area (Å²) in [5.74, 6) is 2.42. The molecule has 0 bridgehead atoms. The van der Waals surface area contributed by atoms with Crippen LogP contribution in [0.15, 0.2) is 30.6 Å². The summed E-state index contributed by atoms with van der Waals surface area (Å²) in [6.07, 6.45) is 1.62. The van der Waals surface area contributed by atoms with E-state index in [2.05, 4.69) is 42.2 Å². The summed E-state index contributed by atoms with van der Waals surface area (Å²) >= 11 is 0. The molecule has 2 rings (SSSR count). The van der Waals surface area contributed by atoms with Crippen LogP contribution in [-0.2, 0) is 13.1 Å². The van der Waals surface area contributed by atoms with E-state index in [9.17, 15) is 0 Å². The van der Waals surface area contributed by atoms with E-state index in [1.807, 2.05) is 22.9 Å². The van der Waals surface area contributed by atoms with Gasteiger partial charge in [-0.05, 0) is 18.9 Å². The van der Waals surface area contributed by atoms with Crippen molar-refractivity contribution in [3.63, 3.8) is 0 Å². The number of benzene rings is 1. The SMILES string of the molecule is COc1ccccc1[C@H](C)NCc1ncnn1CC(C)C. The second-order valence-corrected chi connectivity index (χ2v) is 5.60. The number of nitrogens with zero attached hydrogens (tertiary/aromatic N) is 3. The van der Waals surface area contributed by atoms with Gasteiger partial charge in [0.1, 0.15) is 17.9 Å². The smallest absolute Gasteiger partial charge is 0.140 e. The van der Waals surface area contributed by atoms with Crippen molar-refractivity contribution in [2.75, 3.05) is 7.11 Å². The van der Waals surface area contributed by atoms with Crippen molar-refractivity contribution < 1.29 is 4.74 Å². The van der Waals surface area contributed by atoms with Gasteiger partial charge in [0.25, 0.3) is 0 Å². The first-order valence-electron chi connectivity index (χ1n) is 7.34. The Hall–Kier alpha value is -1.88. The van der Waals surface area contributed by atoms with Crippen LogP contribution in [0.4, 0.5) is 0 Å². The predicted octanol–water partition coefficient (Wildman–Crippen LogP) is 2.79. The topological polar surface area (TPSA) is 52.0 Å². The molecule has 1 atom stereocenters. The van der Waals surface area contributed by atoms with Crippen LogP contribution in [0.5, 0.6) is 5.75 Å². The Bertz CT molecular complexity index is 565. The molecule has 114 valence electrons. The van der Waals surface area contributed by atoms with E-state index < -0.39 is 0 Å². The monoisotopic (exact) mass is 288 g/mol. The van der Waals surface area contributed by atoms with Gasteiger partial charge in [0.2, 0.25) is 0 Å². The first kappa shape index (κ1) is 15.5. The summed E-state index contributed by atoms with van der Waals surface area (Å²) < 4.78 is 7.37. The highest BCUT2D eigenvalue weighted by Crippen LogP contribution is 2.24. The maximum Gasteiger partial charge on any atom is 0.140 e. The summed E-state index contributed by atoms with van der Waals surface area (Å²) in [6.45, 7) is 8.06. The molecule has 1 N–H and O–H groups in total. The van der Waals surface area contributed by atoms with Crippen molar-refractivity contribution in [2.45, 2.75) is 39.9 Å². The Labute approximate surface area is 126 Å². The predicted molar refractivity (Wildman–Crippen MR) is 83.1 cm³/mol. The van der Waals surface area contributed by atoms with Gasteiger partial charge in [0, 0.05) is 18.2 Å². The fourth-order valence-corrected chi connectivity index (χ4v) is 2.30. The third kappa shape index (κ3) is 4.04. The quantitative estimate of drug-likeness (QED) is 0.851. The summed E-state index contributed by atoms with van der Waals surface area (Å²) in [5, 5.41) is 7.77. The lowest BCUT2D eigenvalue weighted by atomic mass is 10.1. The lowest BCUT2D eigenvalue weighted by molar-refractivity contribution is 0.399. The van der Waals surface area contributed by atoms with Crippen molar-refractivity contribution in [1.29, 1.82) is 0 Å². The van der Waals surface area contributed by atoms with Crippen LogP contribution in [0.1, 0.15) is 38.2 Å². The Morgan fingerprint density at radius 3 is 2.71 bits per heavy atom. The Balaban J connectivity index is 2.01. The Kier molecular flexibility index (Phi) is 5.33. The second-order valence-electron chi connectivity index (χ2n) is 5.60. The van der Waals surface area contributed by atoms with Crippen molar-refractivity contribution in [1.82, 2.24) is 20.1 Å². The van der Waals surface area contributed by atoms with Crippen molar-refractivity contribution in [2.24, 2.45) is 5.92 Å². The first-order chi connectivity index (χ1) is 10.1. The maximum absolute atomic E-state index is 5.41. The summed E-state index contributed by atoms with van der Waals surface area (Å²) in [6, 6.07) is 8.25. The lowest BCUT2D eigenvalue weighted by Gasteiger charge is -2.17. The van der Waals surface area contributed by atoms with Crippen molar-refractivity contribution in [3.05, 3.63) is 42.0 Å². The molecule has 0 spiro atoms. The van der Waals surface area contributed by atoms with Crippen LogP contribution in [0.2, 0.25) is 0 Å². The first-order valence-corrected chi connectivity index (χ1v) is 7.34. The molecule has 0 radical (unpaired) electrons. The van der Waals surface area contributed by atoms with E-state index in [0.717, 1.165) is 23.7 Å². The van der Waals surface area contributed by atoms with Gasteiger partial charge >= 0.3 is 0 Å². The number of para-hydroxylation sites is 1. The van der Waals surface area contributed by atoms with Gasteiger partial charge in [-0.3, -0.25) is 0 Å². The number of methoxy groups -OCH3 is 1. The van der Waals surface area contributed by atoms with Crippen molar-refractivity contribution in [3.8, 4) is 5.75 Å². The number of hydrogen-bond acceptors (Lipinski definition) is 4. The van der Waals surface area contributed by atoms with Gasteiger partial charge < -0.3 is 10.1 Å². The summed E-state index contributed by atoms with van der Waals surface area (Å²) in [5.41, 5.74) is 1.15. The molecule has 0 aliphatic carbocycles. The van der Waals surface area contributed by atoms with Crippen LogP contribution in [0.3, 0.4) is 0 Å². The van der Waals surface area contributed by atoms with E-state index in [1.165, 1.54) is 0 Å². The minimum atomic E-state index is 0.186. The van der Waals surface area contributed by atoms with E-state index >= 15 is 0 Å². The second kappa shape index (κ2) is 7.22. The molecule has 0 aliphatic rings. The van der Waals surface area contributed by atoms with E-state index in [-0.39, 0.29) is 6.04 Å². The lowest BCUT2D eigenvalue weighted by Crippen LogP contribution is -2.22. The molecule has 0 saturated carbocycles. The van der Waals surface area contributed by atoms with E-state index in [1.54, 1.807) is 13.4 Å². The van der Waals surface area contributed by atoms with Gasteiger partial charge in [-0.1, -0.05) is 32.0 Å². The average Bonchev–Trinajstić information content (AvgIpc) is 2.91. The van der Waals surface area contributed by atoms with Gasteiger partial charge in [-0.2, -0.15) is 5.10 Å². The molecule has 0 amide bonds. The summed E-state index contributed by atoms with van der Waals surface area (Å²) in [4.78, 5) is 4.34. The minimum Gasteiger partial charge on any atom is -0.496 e. The van der Waals surface area contributed by atoms with E-state index in [4.69, 9.17) is 4.74 Å². The molecule has 0 saturated heterocycles. The highest BCUT2D eigenvalue weighted by molar-refractivity contribution is 5.35. The molecule has 1 aromatic carbocycles. The van der Waals surface area contributed by atoms with Crippen LogP contribution < -0.4 is 10.1 Å². The third-order valence-corrected chi connectivity index (χ3v) is 3.41. The third-order valence-electron chi connectivity index (χ3n) is 3.41. The Morgan fingerprint density at radius 1 is 1.24 bits per heavy atom. The highest BCUT2D eigenvalue weighted by Gasteiger charge is 2.12. The number of nitrogens with one attached hydrogen (secondary N) is 1. The molecule has 1 aromatic heterocycles. The highest BCUT2D eigenvalue weighted by atomic mass is 16.5. The molecule has 2 aromatic rings. The normalized spacial score (nSPS) is 12.6. The number of hydrogen-bond donors (Lipinski definition) is 1. The molecule has 5 nitrogen and oxygen atoms in total. The number of rotatable bonds is 7. The zero-order valence-corrected chi connectivity index (χ0v) is 13.2. The minimum absolute atomic E-state index is 0.186. The molecule has 5 heteroatoms. The van der Waals surface area contributed by atoms with Crippen LogP contribution in [0.25, 0.3) is 0 Å². The number of ether oxygens (including phenoxy) is 1. The zero-order valence-electron chi connectivity index (χ0n) is 13.2. The number of aromatic nitrogens is 3. The van der Waals surface area contributed by atoms with Crippen LogP contribution in [-0.4, -0.2) is 21.9 Å². The molecule has 0 aliphatic heterocycles. The maximum atomic E-state index is 5.41. The standard InChI is InChI=1S/C16H24N4O/c1-12(2)10-20-16(18-11-19-20)9-17-13(3)14-7-5-6-8-15(14)21-4/h5-8,11-13,17H,9-10H2,1-4H3/t13-/m0/s1. The zero-order chi connectivity index (χ0) is 15.2. The fourth-order valence-electron chi connectivity index (χ4n) is 2.30. The molecule has 21 heavy (non-hydrogen) atoms. The molecule has 1 heterocycles. The largest absolute Gasteiger partial charge is 0.496 e. The van der Waals surface area contributed by atoms with Gasteiger partial charge in [-0.15, -0.1) is 0 Å². The Morgan fingerprint density at radius 2 is 2.00 bits per heavy atom. The van der Waals surface area contributed by atoms with Gasteiger partial charge in [-0.25, -0.2) is 9.67 Å². The van der Waals surface area contributed by atoms with E-state index in [0.29, 0.717) is 12.5 Å². The molecular formula is C16H24N4O. The molecule has 0 unspecified atom stereocenters. The molecule has 0 fully saturated rings. The van der Waals surface area contributed by atoms with Gasteiger partial charge in [0.15, 0.2) is 0 Å². The van der Waals surface area contributed by atoms with Crippen LogP contribution in [0, 0.1) is 5.92 Å². The average molecular weight is 288 g/mol. The van der Waals surface area contributed by atoms with Gasteiger partial charge in [0.05, 0.1) is 13.7 Å². The summed E-state index contributed by atoms with van der Waals surface area (Å²) in [7, 11) is 1.70.